The minimum absolute atomic E-state index is 0.231. The molecule has 0 aliphatic carbocycles. The standard InChI is InChI=1S/C20H19N5O3S2/c1-11-15(19(28)25(24(11)3)13-7-5-4-6-8-13)21-16(26)12(2)30-20-22-17(27)14-9-10-29-18(14)23-20/h4-10,12H,1-3H3,(H,21,26)(H,22,23,27)/t12-/m1/s1. The Labute approximate surface area is 179 Å². The van der Waals surface area contributed by atoms with Crippen molar-refractivity contribution in [2.75, 3.05) is 5.32 Å². The zero-order chi connectivity index (χ0) is 21.4. The van der Waals surface area contributed by atoms with E-state index >= 15 is 0 Å². The molecule has 0 bridgehead atoms. The number of aromatic amines is 1. The van der Waals surface area contributed by atoms with Gasteiger partial charge in [0.1, 0.15) is 10.5 Å². The largest absolute Gasteiger partial charge is 0.319 e. The van der Waals surface area contributed by atoms with E-state index in [9.17, 15) is 14.4 Å². The number of hydrogen-bond acceptors (Lipinski definition) is 6. The summed E-state index contributed by atoms with van der Waals surface area (Å²) in [6.45, 7) is 3.48. The molecule has 1 aromatic carbocycles. The Balaban J connectivity index is 1.57. The van der Waals surface area contributed by atoms with Gasteiger partial charge >= 0.3 is 0 Å². The molecule has 4 rings (SSSR count). The minimum atomic E-state index is -0.574. The Morgan fingerprint density at radius 1 is 1.23 bits per heavy atom. The van der Waals surface area contributed by atoms with Crippen LogP contribution in [0.4, 0.5) is 5.69 Å². The normalized spacial score (nSPS) is 12.2. The van der Waals surface area contributed by atoms with Crippen LogP contribution in [0, 0.1) is 6.92 Å². The number of hydrogen-bond donors (Lipinski definition) is 2. The summed E-state index contributed by atoms with van der Waals surface area (Å²) in [5, 5.41) is 4.87. The lowest BCUT2D eigenvalue weighted by Crippen LogP contribution is -2.27. The van der Waals surface area contributed by atoms with Crippen LogP contribution in [-0.2, 0) is 11.8 Å². The number of thiophene rings is 1. The first-order chi connectivity index (χ1) is 14.4. The topological polar surface area (TPSA) is 102 Å². The van der Waals surface area contributed by atoms with Gasteiger partial charge < -0.3 is 10.3 Å². The van der Waals surface area contributed by atoms with Crippen molar-refractivity contribution in [2.45, 2.75) is 24.3 Å². The third-order valence-electron chi connectivity index (χ3n) is 4.77. The van der Waals surface area contributed by atoms with Crippen molar-refractivity contribution >= 4 is 44.9 Å². The van der Waals surface area contributed by atoms with Gasteiger partial charge in [0.15, 0.2) is 5.16 Å². The molecule has 3 aromatic heterocycles. The van der Waals surface area contributed by atoms with E-state index in [4.69, 9.17) is 0 Å². The van der Waals surface area contributed by atoms with Gasteiger partial charge in [-0.15, -0.1) is 11.3 Å². The molecule has 0 saturated heterocycles. The van der Waals surface area contributed by atoms with Crippen molar-refractivity contribution in [3.05, 3.63) is 68.2 Å². The highest BCUT2D eigenvalue weighted by atomic mass is 32.2. The molecule has 0 aliphatic heterocycles. The SMILES string of the molecule is Cc1c(NC(=O)[C@@H](C)Sc2nc3sccc3c(=O)[nH]2)c(=O)n(-c2ccccc2)n1C. The summed E-state index contributed by atoms with van der Waals surface area (Å²) in [5.74, 6) is -0.347. The molecular weight excluding hydrogens is 422 g/mol. The highest BCUT2D eigenvalue weighted by Gasteiger charge is 2.22. The summed E-state index contributed by atoms with van der Waals surface area (Å²) in [7, 11) is 1.77. The molecule has 30 heavy (non-hydrogen) atoms. The van der Waals surface area contributed by atoms with E-state index in [1.165, 1.54) is 16.0 Å². The average molecular weight is 442 g/mol. The maximum atomic E-state index is 13.0. The molecule has 3 heterocycles. The van der Waals surface area contributed by atoms with E-state index in [2.05, 4.69) is 15.3 Å². The van der Waals surface area contributed by atoms with Crippen molar-refractivity contribution < 1.29 is 4.79 Å². The minimum Gasteiger partial charge on any atom is -0.319 e. The fourth-order valence-corrected chi connectivity index (χ4v) is 4.68. The van der Waals surface area contributed by atoms with Crippen molar-refractivity contribution in [3.8, 4) is 5.69 Å². The predicted octanol–water partition coefficient (Wildman–Crippen LogP) is 2.90. The number of anilines is 1. The summed E-state index contributed by atoms with van der Waals surface area (Å²) < 4.78 is 3.21. The maximum absolute atomic E-state index is 13.0. The number of para-hydroxylation sites is 1. The molecule has 1 atom stereocenters. The molecule has 1 amide bonds. The van der Waals surface area contributed by atoms with Gasteiger partial charge in [0.25, 0.3) is 11.1 Å². The Morgan fingerprint density at radius 2 is 1.97 bits per heavy atom. The van der Waals surface area contributed by atoms with E-state index in [1.54, 1.807) is 37.0 Å². The Hall–Kier alpha value is -3.11. The second-order valence-electron chi connectivity index (χ2n) is 6.70. The summed E-state index contributed by atoms with van der Waals surface area (Å²) >= 11 is 2.50. The third-order valence-corrected chi connectivity index (χ3v) is 6.56. The average Bonchev–Trinajstić information content (AvgIpc) is 3.28. The van der Waals surface area contributed by atoms with Crippen molar-refractivity contribution in [1.29, 1.82) is 0 Å². The lowest BCUT2D eigenvalue weighted by Gasteiger charge is -2.10. The van der Waals surface area contributed by atoms with Gasteiger partial charge in [0.2, 0.25) is 5.91 Å². The molecule has 8 nitrogen and oxygen atoms in total. The lowest BCUT2D eigenvalue weighted by molar-refractivity contribution is -0.115. The number of fused-ring (bicyclic) bond motifs is 1. The first-order valence-corrected chi connectivity index (χ1v) is 10.9. The van der Waals surface area contributed by atoms with Crippen LogP contribution in [0.1, 0.15) is 12.6 Å². The molecule has 0 spiro atoms. The molecule has 0 fully saturated rings. The van der Waals surface area contributed by atoms with Crippen LogP contribution in [0.25, 0.3) is 15.9 Å². The number of carbonyl (C=O) groups is 1. The van der Waals surface area contributed by atoms with Crippen LogP contribution < -0.4 is 16.4 Å². The van der Waals surface area contributed by atoms with E-state index in [0.717, 1.165) is 11.8 Å². The van der Waals surface area contributed by atoms with Crippen LogP contribution in [0.3, 0.4) is 0 Å². The highest BCUT2D eigenvalue weighted by Crippen LogP contribution is 2.23. The summed E-state index contributed by atoms with van der Waals surface area (Å²) in [6.07, 6.45) is 0. The van der Waals surface area contributed by atoms with Crippen molar-refractivity contribution in [3.63, 3.8) is 0 Å². The quantitative estimate of drug-likeness (QED) is 0.366. The zero-order valence-electron chi connectivity index (χ0n) is 16.5. The molecule has 154 valence electrons. The number of thioether (sulfide) groups is 1. The third kappa shape index (κ3) is 3.59. The highest BCUT2D eigenvalue weighted by molar-refractivity contribution is 8.00. The van der Waals surface area contributed by atoms with E-state index in [0.29, 0.717) is 26.8 Å². The Kier molecular flexibility index (Phi) is 5.35. The van der Waals surface area contributed by atoms with Crippen LogP contribution in [0.5, 0.6) is 0 Å². The van der Waals surface area contributed by atoms with Crippen LogP contribution in [-0.4, -0.2) is 30.5 Å². The first-order valence-electron chi connectivity index (χ1n) is 9.16. The number of carbonyl (C=O) groups excluding carboxylic acids is 1. The number of rotatable bonds is 5. The van der Waals surface area contributed by atoms with E-state index in [-0.39, 0.29) is 22.7 Å². The molecule has 0 saturated carbocycles. The molecular formula is C20H19N5O3S2. The molecule has 0 aliphatic rings. The monoisotopic (exact) mass is 441 g/mol. The first kappa shape index (κ1) is 20.2. The smallest absolute Gasteiger partial charge is 0.295 e. The maximum Gasteiger partial charge on any atom is 0.295 e. The number of nitrogens with zero attached hydrogens (tertiary/aromatic N) is 3. The van der Waals surface area contributed by atoms with Gasteiger partial charge in [-0.25, -0.2) is 9.67 Å². The Morgan fingerprint density at radius 3 is 2.70 bits per heavy atom. The van der Waals surface area contributed by atoms with Gasteiger partial charge in [0, 0.05) is 7.05 Å². The van der Waals surface area contributed by atoms with Gasteiger partial charge in [-0.05, 0) is 37.4 Å². The van der Waals surface area contributed by atoms with Crippen LogP contribution in [0.15, 0.2) is 56.5 Å². The zero-order valence-corrected chi connectivity index (χ0v) is 18.1. The second kappa shape index (κ2) is 7.96. The molecule has 0 unspecified atom stereocenters. The summed E-state index contributed by atoms with van der Waals surface area (Å²) in [6, 6.07) is 10.9. The fourth-order valence-electron chi connectivity index (χ4n) is 3.06. The molecule has 4 aromatic rings. The van der Waals surface area contributed by atoms with Crippen LogP contribution >= 0.6 is 23.1 Å². The molecule has 0 radical (unpaired) electrons. The number of aromatic nitrogens is 4. The second-order valence-corrected chi connectivity index (χ2v) is 8.92. The molecule has 2 N–H and O–H groups in total. The van der Waals surface area contributed by atoms with Crippen LogP contribution in [0.2, 0.25) is 0 Å². The summed E-state index contributed by atoms with van der Waals surface area (Å²) in [4.78, 5) is 45.6. The van der Waals surface area contributed by atoms with Gasteiger partial charge in [-0.3, -0.25) is 19.1 Å². The molecule has 10 heteroatoms. The van der Waals surface area contributed by atoms with Gasteiger partial charge in [-0.2, -0.15) is 0 Å². The van der Waals surface area contributed by atoms with Crippen molar-refractivity contribution in [2.24, 2.45) is 7.05 Å². The van der Waals surface area contributed by atoms with E-state index < -0.39 is 5.25 Å². The number of benzene rings is 1. The lowest BCUT2D eigenvalue weighted by atomic mass is 10.3. The number of nitrogens with one attached hydrogen (secondary N) is 2. The van der Waals surface area contributed by atoms with Gasteiger partial charge in [-0.1, -0.05) is 30.0 Å². The van der Waals surface area contributed by atoms with Gasteiger partial charge in [0.05, 0.1) is 22.0 Å². The fraction of sp³-hybridized carbons (Fsp3) is 0.200. The number of H-pyrrole nitrogens is 1. The predicted molar refractivity (Wildman–Crippen MR) is 120 cm³/mol. The summed E-state index contributed by atoms with van der Waals surface area (Å²) in [5.41, 5.74) is 1.04. The Bertz CT molecular complexity index is 1350. The number of amides is 1. The van der Waals surface area contributed by atoms with E-state index in [1.807, 2.05) is 30.3 Å². The van der Waals surface area contributed by atoms with Crippen molar-refractivity contribution in [1.82, 2.24) is 19.3 Å².